The van der Waals surface area contributed by atoms with E-state index in [0.717, 1.165) is 13.2 Å². The van der Waals surface area contributed by atoms with Crippen LogP contribution in [0.4, 0.5) is 23.7 Å². The predicted octanol–water partition coefficient (Wildman–Crippen LogP) is 4.15. The van der Waals surface area contributed by atoms with Crippen molar-refractivity contribution >= 4 is 17.7 Å². The van der Waals surface area contributed by atoms with Gasteiger partial charge in [-0.2, -0.15) is 13.2 Å². The van der Waals surface area contributed by atoms with Gasteiger partial charge in [-0.3, -0.25) is 4.90 Å². The van der Waals surface area contributed by atoms with Gasteiger partial charge >= 0.3 is 18.2 Å². The summed E-state index contributed by atoms with van der Waals surface area (Å²) in [7, 11) is 1.12. The van der Waals surface area contributed by atoms with Crippen molar-refractivity contribution in [2.75, 3.05) is 18.8 Å². The van der Waals surface area contributed by atoms with Crippen LogP contribution in [0.2, 0.25) is 0 Å². The van der Waals surface area contributed by atoms with E-state index in [1.807, 2.05) is 0 Å². The van der Waals surface area contributed by atoms with Gasteiger partial charge in [0.05, 0.1) is 30.0 Å². The first-order valence-electron chi connectivity index (χ1n) is 9.18. The molecule has 2 aliphatic rings. The van der Waals surface area contributed by atoms with Crippen LogP contribution in [0.1, 0.15) is 24.1 Å². The molecule has 2 aliphatic heterocycles. The van der Waals surface area contributed by atoms with Gasteiger partial charge in [0, 0.05) is 11.8 Å². The summed E-state index contributed by atoms with van der Waals surface area (Å²) in [5, 5.41) is 2.51. The third-order valence-corrected chi connectivity index (χ3v) is 5.08. The highest BCUT2D eigenvalue weighted by Gasteiger charge is 2.42. The van der Waals surface area contributed by atoms with Crippen LogP contribution in [-0.4, -0.2) is 25.9 Å². The number of alkyl halides is 3. The second-order valence-corrected chi connectivity index (χ2v) is 6.83. The van der Waals surface area contributed by atoms with Gasteiger partial charge in [-0.25, -0.2) is 9.59 Å². The van der Waals surface area contributed by atoms with E-state index in [9.17, 15) is 22.8 Å². The van der Waals surface area contributed by atoms with Crippen LogP contribution in [0.3, 0.4) is 0 Å². The molecule has 1 N–H and O–H groups in total. The summed E-state index contributed by atoms with van der Waals surface area (Å²) in [6, 6.07) is 7.45. The van der Waals surface area contributed by atoms with Crippen molar-refractivity contribution in [3.8, 4) is 11.5 Å². The Hall–Kier alpha value is -3.69. The van der Waals surface area contributed by atoms with Gasteiger partial charge in [0.15, 0.2) is 11.5 Å². The first-order chi connectivity index (χ1) is 14.7. The van der Waals surface area contributed by atoms with Gasteiger partial charge in [-0.15, -0.1) is 0 Å². The second kappa shape index (κ2) is 7.53. The minimum atomic E-state index is -4.68. The molecule has 0 radical (unpaired) electrons. The number of carbonyl (C=O) groups is 2. The number of carbonyl (C=O) groups excluding carboxylic acids is 2. The molecule has 162 valence electrons. The summed E-state index contributed by atoms with van der Waals surface area (Å²) in [5.74, 6) is 0.0421. The van der Waals surface area contributed by atoms with E-state index in [-0.39, 0.29) is 23.6 Å². The van der Waals surface area contributed by atoms with E-state index in [2.05, 4.69) is 5.32 Å². The van der Waals surface area contributed by atoms with Crippen LogP contribution in [0, 0.1) is 0 Å². The number of allylic oxidation sites excluding steroid dienone is 1. The molecule has 31 heavy (non-hydrogen) atoms. The number of halogens is 3. The minimum absolute atomic E-state index is 0.0313. The average Bonchev–Trinajstić information content (AvgIpc) is 3.20. The first kappa shape index (κ1) is 20.6. The van der Waals surface area contributed by atoms with E-state index in [0.29, 0.717) is 17.2 Å². The zero-order chi connectivity index (χ0) is 22.3. The fourth-order valence-corrected chi connectivity index (χ4v) is 3.69. The summed E-state index contributed by atoms with van der Waals surface area (Å²) in [6.07, 6.45) is -4.68. The zero-order valence-corrected chi connectivity index (χ0v) is 16.4. The monoisotopic (exact) mass is 434 g/mol. The maximum absolute atomic E-state index is 13.6. The average molecular weight is 434 g/mol. The Morgan fingerprint density at radius 2 is 1.87 bits per heavy atom. The number of amides is 2. The Bertz CT molecular complexity index is 1100. The quantitative estimate of drug-likeness (QED) is 0.735. The standard InChI is InChI=1S/C21H17F3N2O5/c1-11-17(19(27)29-2)18(13-5-3-4-6-14(13)21(22,23)24)25-20(28)26(11)12-7-8-15-16(9-12)31-10-30-15/h3-9,18H,10H2,1-2H3,(H,25,28)/t18-/m1/s1. The number of benzene rings is 2. The van der Waals surface area contributed by atoms with Crippen molar-refractivity contribution in [1.82, 2.24) is 5.32 Å². The number of ether oxygens (including phenoxy) is 3. The summed E-state index contributed by atoms with van der Waals surface area (Å²) in [4.78, 5) is 26.8. The molecule has 2 amide bonds. The fourth-order valence-electron chi connectivity index (χ4n) is 3.69. The van der Waals surface area contributed by atoms with Crippen LogP contribution in [-0.2, 0) is 15.7 Å². The van der Waals surface area contributed by atoms with Gasteiger partial charge < -0.3 is 19.5 Å². The molecular weight excluding hydrogens is 417 g/mol. The highest BCUT2D eigenvalue weighted by Crippen LogP contribution is 2.42. The molecule has 4 rings (SSSR count). The number of urea groups is 1. The summed E-state index contributed by atoms with van der Waals surface area (Å²) < 4.78 is 56.2. The Labute approximate surface area is 175 Å². The van der Waals surface area contributed by atoms with Crippen LogP contribution < -0.4 is 19.7 Å². The molecule has 2 aromatic rings. The van der Waals surface area contributed by atoms with Gasteiger partial charge in [-0.05, 0) is 30.7 Å². The molecule has 0 fully saturated rings. The van der Waals surface area contributed by atoms with E-state index < -0.39 is 29.8 Å². The molecule has 0 unspecified atom stereocenters. The van der Waals surface area contributed by atoms with Gasteiger partial charge in [0.25, 0.3) is 0 Å². The number of anilines is 1. The molecule has 0 spiro atoms. The molecule has 7 nitrogen and oxygen atoms in total. The zero-order valence-electron chi connectivity index (χ0n) is 16.4. The molecule has 0 aliphatic carbocycles. The Morgan fingerprint density at radius 1 is 1.16 bits per heavy atom. The molecule has 0 saturated heterocycles. The number of methoxy groups -OCH3 is 1. The molecule has 2 heterocycles. The fraction of sp³-hybridized carbons (Fsp3) is 0.238. The van der Waals surface area contributed by atoms with Crippen molar-refractivity contribution in [3.05, 3.63) is 64.9 Å². The predicted molar refractivity (Wildman–Crippen MR) is 102 cm³/mol. The third-order valence-electron chi connectivity index (χ3n) is 5.08. The SMILES string of the molecule is COC(=O)C1=C(C)N(c2ccc3c(c2)OCO3)C(=O)N[C@@H]1c1ccccc1C(F)(F)F. The lowest BCUT2D eigenvalue weighted by atomic mass is 9.91. The summed E-state index contributed by atoms with van der Waals surface area (Å²) in [5.41, 5.74) is -0.837. The van der Waals surface area contributed by atoms with Crippen molar-refractivity contribution in [2.24, 2.45) is 0 Å². The molecule has 2 aromatic carbocycles. The number of hydrogen-bond acceptors (Lipinski definition) is 5. The number of fused-ring (bicyclic) bond motifs is 1. The van der Waals surface area contributed by atoms with E-state index in [1.165, 1.54) is 30.0 Å². The van der Waals surface area contributed by atoms with Crippen molar-refractivity contribution < 1.29 is 37.0 Å². The number of esters is 1. The lowest BCUT2D eigenvalue weighted by Gasteiger charge is -2.36. The highest BCUT2D eigenvalue weighted by atomic mass is 19.4. The lowest BCUT2D eigenvalue weighted by Crippen LogP contribution is -2.48. The third kappa shape index (κ3) is 3.54. The number of rotatable bonds is 3. The van der Waals surface area contributed by atoms with Crippen LogP contribution in [0.25, 0.3) is 0 Å². The Balaban J connectivity index is 1.86. The van der Waals surface area contributed by atoms with Crippen LogP contribution >= 0.6 is 0 Å². The molecular formula is C21H17F3N2O5. The number of hydrogen-bond donors (Lipinski definition) is 1. The smallest absolute Gasteiger partial charge is 0.416 e. The number of nitrogens with zero attached hydrogens (tertiary/aromatic N) is 1. The molecule has 10 heteroatoms. The molecule has 1 atom stereocenters. The van der Waals surface area contributed by atoms with Gasteiger partial charge in [0.1, 0.15) is 0 Å². The van der Waals surface area contributed by atoms with Crippen molar-refractivity contribution in [3.63, 3.8) is 0 Å². The first-order valence-corrected chi connectivity index (χ1v) is 9.18. The van der Waals surface area contributed by atoms with Crippen LogP contribution in [0.15, 0.2) is 53.7 Å². The molecule has 0 saturated carbocycles. The maximum Gasteiger partial charge on any atom is 0.416 e. The van der Waals surface area contributed by atoms with E-state index in [4.69, 9.17) is 14.2 Å². The topological polar surface area (TPSA) is 77.1 Å². The van der Waals surface area contributed by atoms with Crippen molar-refractivity contribution in [1.29, 1.82) is 0 Å². The molecule has 0 bridgehead atoms. The van der Waals surface area contributed by atoms with E-state index in [1.54, 1.807) is 18.2 Å². The largest absolute Gasteiger partial charge is 0.466 e. The maximum atomic E-state index is 13.6. The summed E-state index contributed by atoms with van der Waals surface area (Å²) in [6.45, 7) is 1.50. The molecule has 0 aromatic heterocycles. The highest BCUT2D eigenvalue weighted by molar-refractivity contribution is 6.03. The van der Waals surface area contributed by atoms with Gasteiger partial charge in [-0.1, -0.05) is 18.2 Å². The number of nitrogens with one attached hydrogen (secondary N) is 1. The van der Waals surface area contributed by atoms with Crippen LogP contribution in [0.5, 0.6) is 11.5 Å². The summed E-state index contributed by atoms with van der Waals surface area (Å²) >= 11 is 0. The Morgan fingerprint density at radius 3 is 2.58 bits per heavy atom. The van der Waals surface area contributed by atoms with Gasteiger partial charge in [0.2, 0.25) is 6.79 Å². The Kier molecular flexibility index (Phi) is 5.00. The second-order valence-electron chi connectivity index (χ2n) is 6.83. The van der Waals surface area contributed by atoms with Crippen molar-refractivity contribution in [2.45, 2.75) is 19.1 Å². The lowest BCUT2D eigenvalue weighted by molar-refractivity contribution is -0.139. The minimum Gasteiger partial charge on any atom is -0.466 e. The van der Waals surface area contributed by atoms with E-state index >= 15 is 0 Å². The normalized spacial score (nSPS) is 18.2.